The molecule has 0 radical (unpaired) electrons. The Morgan fingerprint density at radius 3 is 1.50 bits per heavy atom. The zero-order valence-corrected chi connectivity index (χ0v) is 8.76. The molecule has 0 aliphatic rings. The number of rotatable bonds is 1. The molecule has 4 heteroatoms. The summed E-state index contributed by atoms with van der Waals surface area (Å²) < 4.78 is 0. The third-order valence-electron chi connectivity index (χ3n) is 1.19. The Kier molecular flexibility index (Phi) is 6.41. The molecule has 12 heavy (non-hydrogen) atoms. The topological polar surface area (TPSA) is 0 Å². The molecule has 0 bridgehead atoms. The molecular weight excluding hydrogens is 174 g/mol. The molecule has 0 unspecified atom stereocenters. The van der Waals surface area contributed by atoms with Crippen LogP contribution in [-0.2, 0) is 0 Å². The molecule has 0 fully saturated rings. The van der Waals surface area contributed by atoms with Crippen molar-refractivity contribution in [1.82, 2.24) is 0 Å². The molecule has 0 amide bonds. The van der Waals surface area contributed by atoms with Crippen molar-refractivity contribution in [2.24, 2.45) is 0 Å². The first-order valence-corrected chi connectivity index (χ1v) is 4.52. The molecule has 0 spiro atoms. The van der Waals surface area contributed by atoms with Crippen molar-refractivity contribution in [2.45, 2.75) is 0 Å². The molecule has 0 saturated heterocycles. The molecule has 0 nitrogen and oxygen atoms in total. The van der Waals surface area contributed by atoms with Gasteiger partial charge in [-0.05, 0) is 0 Å². The number of hydrogen-bond acceptors (Lipinski definition) is 2. The third kappa shape index (κ3) is 2.82. The van der Waals surface area contributed by atoms with E-state index in [2.05, 4.69) is 22.9 Å². The van der Waals surface area contributed by atoms with Gasteiger partial charge in [0.25, 0.3) is 0 Å². The van der Waals surface area contributed by atoms with Crippen LogP contribution in [0.15, 0.2) is 24.3 Å². The maximum Gasteiger partial charge on any atom is 1.00 e. The minimum atomic E-state index is 0. The molecule has 2 rings (SSSR count). The molecule has 50 valence electrons. The van der Waals surface area contributed by atoms with Gasteiger partial charge in [0.15, 0.2) is 0 Å². The van der Waals surface area contributed by atoms with E-state index in [-0.39, 0.29) is 37.7 Å². The van der Waals surface area contributed by atoms with Gasteiger partial charge in [0.05, 0.1) is 0 Å². The summed E-state index contributed by atoms with van der Waals surface area (Å²) in [6.45, 7) is 0. The second-order valence-electron chi connectivity index (χ2n) is 1.83. The molecule has 0 atom stereocenters. The van der Waals surface area contributed by atoms with Crippen molar-refractivity contribution in [3.63, 3.8) is 0 Å². The fourth-order valence-corrected chi connectivity index (χ4v) is 2.13. The fourth-order valence-electron chi connectivity index (χ4n) is 0.747. The minimum Gasteiger partial charge on any atom is -0.309 e. The van der Waals surface area contributed by atoms with Crippen LogP contribution in [0.1, 0.15) is 0 Å². The Morgan fingerprint density at radius 1 is 0.833 bits per heavy atom. The van der Waals surface area contributed by atoms with E-state index in [1.807, 2.05) is 12.1 Å². The number of hydrogen-bond donors (Lipinski definition) is 0. The normalized spacial score (nSPS) is 8.33. The van der Waals surface area contributed by atoms with Crippen molar-refractivity contribution in [3.8, 4) is 9.75 Å². The summed E-state index contributed by atoms with van der Waals surface area (Å²) in [6.07, 6.45) is 0. The molecule has 2 aromatic heterocycles. The van der Waals surface area contributed by atoms with E-state index in [0.29, 0.717) is 0 Å². The maximum atomic E-state index is 3.05. The van der Waals surface area contributed by atoms with Gasteiger partial charge in [-0.25, -0.2) is 12.1 Å². The van der Waals surface area contributed by atoms with E-state index < -0.39 is 0 Å². The first-order chi connectivity index (χ1) is 4.97. The Morgan fingerprint density at radius 2 is 1.25 bits per heavy atom. The first kappa shape index (κ1) is 12.6. The van der Waals surface area contributed by atoms with Crippen molar-refractivity contribution < 1.29 is 37.7 Å². The Labute approximate surface area is 104 Å². The summed E-state index contributed by atoms with van der Waals surface area (Å²) in [5, 5.41) is 6.10. The third-order valence-corrected chi connectivity index (χ3v) is 2.98. The van der Waals surface area contributed by atoms with Crippen molar-refractivity contribution in [3.05, 3.63) is 35.0 Å². The smallest absolute Gasteiger partial charge is 0.309 e. The Balaban J connectivity index is 0.000000605. The second kappa shape index (κ2) is 6.11. The predicted molar refractivity (Wildman–Crippen MR) is 45.3 cm³/mol. The summed E-state index contributed by atoms with van der Waals surface area (Å²) in [5.74, 6) is 0. The van der Waals surface area contributed by atoms with Gasteiger partial charge in [-0.15, -0.1) is 10.8 Å². The molecule has 0 aromatic carbocycles. The van der Waals surface area contributed by atoms with Gasteiger partial charge in [-0.3, -0.25) is 0 Å². The van der Waals surface area contributed by atoms with E-state index >= 15 is 0 Å². The van der Waals surface area contributed by atoms with Gasteiger partial charge in [0.1, 0.15) is 0 Å². The average Bonchev–Trinajstić information content (AvgIpc) is 2.59. The van der Waals surface area contributed by atoms with Crippen molar-refractivity contribution in [2.75, 3.05) is 0 Å². The average molecular weight is 178 g/mol. The van der Waals surface area contributed by atoms with Gasteiger partial charge < -0.3 is 22.7 Å². The quantitative estimate of drug-likeness (QED) is 0.324. The van der Waals surface area contributed by atoms with Crippen LogP contribution >= 0.6 is 22.7 Å². The SMILES string of the molecule is [Li+].[Li+].[c-]1ccc(-c2cc[c-]s2)s1. The van der Waals surface area contributed by atoms with E-state index in [0.717, 1.165) is 0 Å². The van der Waals surface area contributed by atoms with E-state index in [1.54, 1.807) is 22.7 Å². The first-order valence-electron chi connectivity index (χ1n) is 2.89. The summed E-state index contributed by atoms with van der Waals surface area (Å²) in [4.78, 5) is 2.57. The molecule has 0 aliphatic heterocycles. The van der Waals surface area contributed by atoms with Crippen LogP contribution in [0.2, 0.25) is 0 Å². The molecule has 2 aromatic rings. The largest absolute Gasteiger partial charge is 1.00 e. The van der Waals surface area contributed by atoms with Crippen LogP contribution in [0.5, 0.6) is 0 Å². The van der Waals surface area contributed by atoms with Gasteiger partial charge in [-0.2, -0.15) is 21.9 Å². The molecule has 0 aliphatic carbocycles. The van der Waals surface area contributed by atoms with Crippen molar-refractivity contribution >= 4 is 22.7 Å². The zero-order chi connectivity index (χ0) is 6.81. The van der Waals surface area contributed by atoms with E-state index in [4.69, 9.17) is 0 Å². The molecule has 0 N–H and O–H groups in total. The van der Waals surface area contributed by atoms with Crippen LogP contribution in [0.25, 0.3) is 9.75 Å². The summed E-state index contributed by atoms with van der Waals surface area (Å²) in [6, 6.07) is 8.04. The summed E-state index contributed by atoms with van der Waals surface area (Å²) >= 11 is 3.29. The van der Waals surface area contributed by atoms with Gasteiger partial charge in [0.2, 0.25) is 0 Å². The summed E-state index contributed by atoms with van der Waals surface area (Å²) in [7, 11) is 0. The minimum absolute atomic E-state index is 0. The second-order valence-corrected chi connectivity index (χ2v) is 3.59. The zero-order valence-electron chi connectivity index (χ0n) is 7.13. The van der Waals surface area contributed by atoms with Crippen LogP contribution in [0.4, 0.5) is 0 Å². The number of thiophene rings is 2. The van der Waals surface area contributed by atoms with Gasteiger partial charge >= 0.3 is 37.7 Å². The summed E-state index contributed by atoms with van der Waals surface area (Å²) in [5.41, 5.74) is 0. The standard InChI is InChI=1S/C8H4S2.2Li/c1-3-7(9-5-1)8-4-2-6-10-8;;/h1-4H;;/q-2;2*+1. The maximum absolute atomic E-state index is 3.05. The molecular formula is C8H4Li2S2. The van der Waals surface area contributed by atoms with Gasteiger partial charge in [0, 0.05) is 0 Å². The van der Waals surface area contributed by atoms with Crippen LogP contribution in [0.3, 0.4) is 0 Å². The fraction of sp³-hybridized carbons (Fsp3) is 0. The van der Waals surface area contributed by atoms with Crippen LogP contribution < -0.4 is 37.7 Å². The molecule has 0 saturated carbocycles. The molecule has 2 heterocycles. The predicted octanol–water partition coefficient (Wildman–Crippen LogP) is -2.92. The van der Waals surface area contributed by atoms with Crippen molar-refractivity contribution in [1.29, 1.82) is 0 Å². The van der Waals surface area contributed by atoms with Crippen LogP contribution in [0, 0.1) is 10.8 Å². The van der Waals surface area contributed by atoms with Crippen LogP contribution in [-0.4, -0.2) is 0 Å². The Hall–Kier alpha value is 0.595. The monoisotopic (exact) mass is 178 g/mol. The van der Waals surface area contributed by atoms with E-state index in [1.165, 1.54) is 9.75 Å². The van der Waals surface area contributed by atoms with Gasteiger partial charge in [-0.1, -0.05) is 0 Å². The van der Waals surface area contributed by atoms with E-state index in [9.17, 15) is 0 Å². The Bertz CT molecular complexity index is 254.